The Bertz CT molecular complexity index is 1890. The van der Waals surface area contributed by atoms with Crippen molar-refractivity contribution < 1.29 is 80.2 Å². The average molecular weight is 1420 g/mol. The molecule has 2 unspecified atom stereocenters. The van der Waals surface area contributed by atoms with Gasteiger partial charge < -0.3 is 33.8 Å². The number of hydrogen-bond donors (Lipinski definition) is 3. The van der Waals surface area contributed by atoms with E-state index >= 15 is 0 Å². The maximum absolute atomic E-state index is 13.1. The second-order valence-corrected chi connectivity index (χ2v) is 32.4. The highest BCUT2D eigenvalue weighted by Crippen LogP contribution is 2.45. The van der Waals surface area contributed by atoms with Gasteiger partial charge in [0.25, 0.3) is 0 Å². The van der Waals surface area contributed by atoms with Crippen LogP contribution in [-0.4, -0.2) is 96.7 Å². The highest BCUT2D eigenvalue weighted by Gasteiger charge is 2.30. The predicted octanol–water partition coefficient (Wildman–Crippen LogP) is 23.0. The zero-order valence-corrected chi connectivity index (χ0v) is 65.3. The molecule has 19 heteroatoms. The number of aliphatic hydroxyl groups is 1. The van der Waals surface area contributed by atoms with Crippen LogP contribution in [0.1, 0.15) is 402 Å². The topological polar surface area (TPSA) is 237 Å². The average Bonchev–Trinajstić information content (AvgIpc) is 2.10. The lowest BCUT2D eigenvalue weighted by Gasteiger charge is -2.21. The Balaban J connectivity index is 5.14. The van der Waals surface area contributed by atoms with Gasteiger partial charge in [0.1, 0.15) is 19.3 Å². The molecule has 0 fully saturated rings. The van der Waals surface area contributed by atoms with Crippen LogP contribution in [0.3, 0.4) is 0 Å². The molecule has 97 heavy (non-hydrogen) atoms. The summed E-state index contributed by atoms with van der Waals surface area (Å²) in [4.78, 5) is 72.6. The number of hydrogen-bond acceptors (Lipinski definition) is 15. The Kier molecular flexibility index (Phi) is 67.1. The number of phosphoric ester groups is 2. The summed E-state index contributed by atoms with van der Waals surface area (Å²) in [6, 6.07) is 0. The van der Waals surface area contributed by atoms with Crippen molar-refractivity contribution in [1.82, 2.24) is 0 Å². The fraction of sp³-hybridized carbons (Fsp3) is 0.949. The maximum Gasteiger partial charge on any atom is 0.472 e. The molecule has 576 valence electrons. The van der Waals surface area contributed by atoms with Crippen molar-refractivity contribution in [2.24, 2.45) is 17.8 Å². The van der Waals surface area contributed by atoms with Gasteiger partial charge in [0.2, 0.25) is 0 Å². The van der Waals surface area contributed by atoms with Crippen molar-refractivity contribution in [3.63, 3.8) is 0 Å². The Morgan fingerprint density at radius 3 is 0.701 bits per heavy atom. The Labute approximate surface area is 594 Å². The smallest absolute Gasteiger partial charge is 0.462 e. The first-order valence-electron chi connectivity index (χ1n) is 40.3. The van der Waals surface area contributed by atoms with E-state index in [0.717, 1.165) is 114 Å². The summed E-state index contributed by atoms with van der Waals surface area (Å²) in [5, 5.41) is 10.6. The molecule has 0 amide bonds. The fourth-order valence-corrected chi connectivity index (χ4v) is 13.5. The van der Waals surface area contributed by atoms with Crippen LogP contribution in [0.25, 0.3) is 0 Å². The third-order valence-corrected chi connectivity index (χ3v) is 20.0. The van der Waals surface area contributed by atoms with Crippen molar-refractivity contribution in [3.05, 3.63) is 0 Å². The van der Waals surface area contributed by atoms with E-state index in [1.54, 1.807) is 0 Å². The lowest BCUT2D eigenvalue weighted by atomic mass is 10.0. The number of phosphoric acid groups is 2. The predicted molar refractivity (Wildman–Crippen MR) is 395 cm³/mol. The van der Waals surface area contributed by atoms with Gasteiger partial charge in [-0.25, -0.2) is 9.13 Å². The molecule has 3 N–H and O–H groups in total. The van der Waals surface area contributed by atoms with Crippen molar-refractivity contribution in [1.29, 1.82) is 0 Å². The van der Waals surface area contributed by atoms with Gasteiger partial charge >= 0.3 is 39.5 Å². The van der Waals surface area contributed by atoms with Crippen LogP contribution in [0.15, 0.2) is 0 Å². The van der Waals surface area contributed by atoms with E-state index in [1.165, 1.54) is 205 Å². The molecular weight excluding hydrogens is 1270 g/mol. The monoisotopic (exact) mass is 1420 g/mol. The largest absolute Gasteiger partial charge is 0.472 e. The SMILES string of the molecule is CCCCCCCC(=O)OC[C@H](COP(=O)(O)OC[C@H](O)COP(=O)(O)OC[C@@H](COC(=O)CCCCCCCCCCCCCCCCCC(C)C)OC(=O)CCCCCCCCCCCCCCCCCC(C)C)OC(=O)CCCCCCCCCCCCCCCC(C)C. The second-order valence-electron chi connectivity index (χ2n) is 29.5. The summed E-state index contributed by atoms with van der Waals surface area (Å²) < 4.78 is 68.4. The first kappa shape index (κ1) is 95.1. The molecule has 0 bridgehead atoms. The van der Waals surface area contributed by atoms with Crippen LogP contribution in [0.5, 0.6) is 0 Å². The molecule has 0 saturated carbocycles. The van der Waals surface area contributed by atoms with E-state index in [9.17, 15) is 43.2 Å². The number of carbonyl (C=O) groups excluding carboxylic acids is 4. The van der Waals surface area contributed by atoms with E-state index in [1.807, 2.05) is 0 Å². The van der Waals surface area contributed by atoms with Crippen molar-refractivity contribution in [3.8, 4) is 0 Å². The van der Waals surface area contributed by atoms with Crippen LogP contribution >= 0.6 is 15.6 Å². The zero-order chi connectivity index (χ0) is 71.6. The molecule has 0 aromatic carbocycles. The van der Waals surface area contributed by atoms with Crippen molar-refractivity contribution >= 4 is 39.5 Å². The summed E-state index contributed by atoms with van der Waals surface area (Å²) in [5.74, 6) is 0.270. The fourth-order valence-electron chi connectivity index (χ4n) is 12.0. The van der Waals surface area contributed by atoms with Gasteiger partial charge in [0.05, 0.1) is 26.4 Å². The molecule has 0 aromatic rings. The molecule has 0 aliphatic rings. The van der Waals surface area contributed by atoms with E-state index in [4.69, 9.17) is 37.0 Å². The molecule has 0 spiro atoms. The summed E-state index contributed by atoms with van der Waals surface area (Å²) >= 11 is 0. The molecule has 0 heterocycles. The normalized spacial score (nSPS) is 14.0. The summed E-state index contributed by atoms with van der Waals surface area (Å²) in [6.07, 6.45) is 55.9. The Morgan fingerprint density at radius 1 is 0.278 bits per heavy atom. The van der Waals surface area contributed by atoms with E-state index in [-0.39, 0.29) is 25.7 Å². The van der Waals surface area contributed by atoms with Crippen LogP contribution < -0.4 is 0 Å². The van der Waals surface area contributed by atoms with Gasteiger partial charge in [0, 0.05) is 25.7 Å². The van der Waals surface area contributed by atoms with Gasteiger partial charge in [-0.1, -0.05) is 350 Å². The zero-order valence-electron chi connectivity index (χ0n) is 63.5. The highest BCUT2D eigenvalue weighted by atomic mass is 31.2. The molecule has 0 aromatic heterocycles. The van der Waals surface area contributed by atoms with Gasteiger partial charge in [-0.15, -0.1) is 0 Å². The van der Waals surface area contributed by atoms with E-state index in [2.05, 4.69) is 48.5 Å². The first-order chi connectivity index (χ1) is 46.7. The van der Waals surface area contributed by atoms with Crippen molar-refractivity contribution in [2.75, 3.05) is 39.6 Å². The van der Waals surface area contributed by atoms with Crippen LogP contribution in [0.4, 0.5) is 0 Å². The highest BCUT2D eigenvalue weighted by molar-refractivity contribution is 7.47. The minimum Gasteiger partial charge on any atom is -0.462 e. The maximum atomic E-state index is 13.1. The number of rotatable bonds is 76. The lowest BCUT2D eigenvalue weighted by molar-refractivity contribution is -0.161. The number of unbranched alkanes of at least 4 members (excludes halogenated alkanes) is 44. The van der Waals surface area contributed by atoms with Crippen LogP contribution in [-0.2, 0) is 65.4 Å². The van der Waals surface area contributed by atoms with Gasteiger partial charge in [-0.2, -0.15) is 0 Å². The standard InChI is InChI=1S/C78H152O17P2/c1-8-9-10-42-52-59-75(80)88-65-73(94-77(82)61-55-48-41-35-29-23-17-20-26-32-38-45-51-58-71(6)7)67-92-96(84,85)90-63-72(79)64-91-97(86,87)93-68-74(95-78(83)62-54-47-40-34-28-22-16-12-14-19-25-31-37-44-50-57-70(4)5)66-89-76(81)60-53-46-39-33-27-21-15-11-13-18-24-30-36-43-49-56-69(2)3/h69-74,79H,8-68H2,1-7H3,(H,84,85)(H,86,87)/t72-,73+,74+/m0/s1. The number of esters is 4. The summed E-state index contributed by atoms with van der Waals surface area (Å²) in [6.45, 7) is 11.9. The van der Waals surface area contributed by atoms with Crippen LogP contribution in [0.2, 0.25) is 0 Å². The minimum absolute atomic E-state index is 0.106. The summed E-state index contributed by atoms with van der Waals surface area (Å²) in [7, 11) is -9.91. The van der Waals surface area contributed by atoms with Gasteiger partial charge in [-0.05, 0) is 43.4 Å². The molecule has 5 atom stereocenters. The Morgan fingerprint density at radius 2 is 0.474 bits per heavy atom. The number of aliphatic hydroxyl groups excluding tert-OH is 1. The third-order valence-electron chi connectivity index (χ3n) is 18.1. The minimum atomic E-state index is -4.96. The van der Waals surface area contributed by atoms with Crippen molar-refractivity contribution in [2.45, 2.75) is 420 Å². The molecule has 0 aliphatic carbocycles. The first-order valence-corrected chi connectivity index (χ1v) is 43.3. The number of carbonyl (C=O) groups is 4. The number of ether oxygens (including phenoxy) is 4. The molecule has 0 saturated heterocycles. The lowest BCUT2D eigenvalue weighted by Crippen LogP contribution is -2.30. The summed E-state index contributed by atoms with van der Waals surface area (Å²) in [5.41, 5.74) is 0. The van der Waals surface area contributed by atoms with E-state index < -0.39 is 97.5 Å². The van der Waals surface area contributed by atoms with Crippen LogP contribution in [0, 0.1) is 17.8 Å². The second kappa shape index (κ2) is 68.5. The molecular formula is C78H152O17P2. The Hall–Kier alpha value is -1.94. The third kappa shape index (κ3) is 72.2. The molecule has 17 nitrogen and oxygen atoms in total. The van der Waals surface area contributed by atoms with Gasteiger partial charge in [0.15, 0.2) is 12.2 Å². The molecule has 0 rings (SSSR count). The molecule has 0 radical (unpaired) electrons. The van der Waals surface area contributed by atoms with E-state index in [0.29, 0.717) is 25.7 Å². The quantitative estimate of drug-likeness (QED) is 0.0222. The molecule has 0 aliphatic heterocycles. The van der Waals surface area contributed by atoms with Gasteiger partial charge in [-0.3, -0.25) is 37.3 Å².